The van der Waals surface area contributed by atoms with Crippen molar-refractivity contribution < 1.29 is 4.79 Å². The molecule has 5 heteroatoms. The van der Waals surface area contributed by atoms with Crippen LogP contribution in [0.15, 0.2) is 42.5 Å². The molecule has 0 aliphatic carbocycles. The van der Waals surface area contributed by atoms with Gasteiger partial charge in [0.25, 0.3) is 5.91 Å². The minimum absolute atomic E-state index is 0.288. The van der Waals surface area contributed by atoms with E-state index in [0.717, 1.165) is 0 Å². The van der Waals surface area contributed by atoms with Gasteiger partial charge in [0.1, 0.15) is 6.07 Å². The zero-order chi connectivity index (χ0) is 15.0. The molecule has 0 saturated heterocycles. The number of nitriles is 1. The molecule has 0 aromatic heterocycles. The van der Waals surface area contributed by atoms with Crippen molar-refractivity contribution in [3.05, 3.63) is 63.6 Å². The third-order valence-corrected chi connectivity index (χ3v) is 3.67. The summed E-state index contributed by atoms with van der Waals surface area (Å²) >= 11 is 11.9. The fourth-order valence-electron chi connectivity index (χ4n) is 2.30. The van der Waals surface area contributed by atoms with Crippen molar-refractivity contribution in [2.45, 2.75) is 0 Å². The number of fused-ring (bicyclic) bond motifs is 1. The van der Waals surface area contributed by atoms with Crippen molar-refractivity contribution in [3.63, 3.8) is 0 Å². The van der Waals surface area contributed by atoms with Gasteiger partial charge in [-0.3, -0.25) is 4.79 Å². The van der Waals surface area contributed by atoms with Crippen molar-refractivity contribution in [2.24, 2.45) is 0 Å². The summed E-state index contributed by atoms with van der Waals surface area (Å²) in [6.45, 7) is 0. The molecule has 0 radical (unpaired) electrons. The van der Waals surface area contributed by atoms with Crippen LogP contribution in [0.25, 0.3) is 11.1 Å². The zero-order valence-electron chi connectivity index (χ0n) is 10.7. The summed E-state index contributed by atoms with van der Waals surface area (Å²) in [5, 5.41) is 13.2. The minimum Gasteiger partial charge on any atom is -0.321 e. The fourth-order valence-corrected chi connectivity index (χ4v) is 2.66. The lowest BCUT2D eigenvalue weighted by Crippen LogP contribution is -2.05. The maximum atomic E-state index is 12.2. The summed E-state index contributed by atoms with van der Waals surface area (Å²) in [5.41, 5.74) is 2.51. The lowest BCUT2D eigenvalue weighted by atomic mass is 9.96. The number of nitrogens with one attached hydrogen (secondary N) is 1. The molecule has 1 N–H and O–H groups in total. The van der Waals surface area contributed by atoms with E-state index >= 15 is 0 Å². The van der Waals surface area contributed by atoms with E-state index in [1.165, 1.54) is 0 Å². The number of allylic oxidation sites excluding steroid dienone is 1. The van der Waals surface area contributed by atoms with Crippen LogP contribution in [0, 0.1) is 11.3 Å². The number of hydrogen-bond acceptors (Lipinski definition) is 2. The lowest BCUT2D eigenvalue weighted by Gasteiger charge is -2.04. The maximum absolute atomic E-state index is 12.2. The number of benzene rings is 2. The van der Waals surface area contributed by atoms with E-state index in [9.17, 15) is 10.1 Å². The topological polar surface area (TPSA) is 52.9 Å². The summed E-state index contributed by atoms with van der Waals surface area (Å²) < 4.78 is 0. The number of anilines is 1. The molecule has 0 spiro atoms. The standard InChI is InChI=1S/C16H8Cl2N2O/c17-10-3-1-2-9(6-10)13(8-19)15-12-5-4-11(18)7-14(12)20-16(15)21/h1-7H,(H,20,21)/b15-13-. The monoisotopic (exact) mass is 314 g/mol. The van der Waals surface area contributed by atoms with Gasteiger partial charge in [0.05, 0.1) is 16.8 Å². The Kier molecular flexibility index (Phi) is 3.42. The highest BCUT2D eigenvalue weighted by atomic mass is 35.5. The Morgan fingerprint density at radius 2 is 1.86 bits per heavy atom. The van der Waals surface area contributed by atoms with Crippen LogP contribution in [-0.4, -0.2) is 5.91 Å². The van der Waals surface area contributed by atoms with Crippen LogP contribution in [0.3, 0.4) is 0 Å². The molecule has 1 amide bonds. The molecule has 0 fully saturated rings. The van der Waals surface area contributed by atoms with Gasteiger partial charge in [-0.25, -0.2) is 0 Å². The Balaban J connectivity index is 2.26. The van der Waals surface area contributed by atoms with Crippen molar-refractivity contribution in [1.29, 1.82) is 5.26 Å². The Labute approximate surface area is 131 Å². The summed E-state index contributed by atoms with van der Waals surface area (Å²) in [6, 6.07) is 14.0. The van der Waals surface area contributed by atoms with Crippen LogP contribution >= 0.6 is 23.2 Å². The van der Waals surface area contributed by atoms with E-state index in [4.69, 9.17) is 23.2 Å². The Hall–Kier alpha value is -2.28. The molecule has 3 nitrogen and oxygen atoms in total. The molecular weight excluding hydrogens is 307 g/mol. The molecule has 1 aliphatic rings. The van der Waals surface area contributed by atoms with E-state index in [0.29, 0.717) is 32.4 Å². The molecule has 2 aromatic rings. The summed E-state index contributed by atoms with van der Waals surface area (Å²) in [6.07, 6.45) is 0. The third-order valence-electron chi connectivity index (χ3n) is 3.20. The molecule has 3 rings (SSSR count). The van der Waals surface area contributed by atoms with Crippen LogP contribution in [0.2, 0.25) is 10.0 Å². The molecule has 1 aliphatic heterocycles. The van der Waals surface area contributed by atoms with Gasteiger partial charge in [0, 0.05) is 15.6 Å². The first-order valence-electron chi connectivity index (χ1n) is 6.12. The van der Waals surface area contributed by atoms with Gasteiger partial charge in [-0.2, -0.15) is 5.26 Å². The number of hydrogen-bond donors (Lipinski definition) is 1. The van der Waals surface area contributed by atoms with Gasteiger partial charge in [-0.15, -0.1) is 0 Å². The van der Waals surface area contributed by atoms with E-state index in [1.807, 2.05) is 0 Å². The van der Waals surface area contributed by atoms with Crippen molar-refractivity contribution in [1.82, 2.24) is 0 Å². The number of halogens is 2. The molecule has 0 saturated carbocycles. The van der Waals surface area contributed by atoms with Crippen molar-refractivity contribution in [2.75, 3.05) is 5.32 Å². The number of amides is 1. The van der Waals surface area contributed by atoms with Crippen molar-refractivity contribution in [3.8, 4) is 6.07 Å². The van der Waals surface area contributed by atoms with Gasteiger partial charge in [-0.05, 0) is 29.8 Å². The normalized spacial score (nSPS) is 15.2. The summed E-state index contributed by atoms with van der Waals surface area (Å²) in [5.74, 6) is -0.316. The number of carbonyl (C=O) groups is 1. The summed E-state index contributed by atoms with van der Waals surface area (Å²) in [7, 11) is 0. The lowest BCUT2D eigenvalue weighted by molar-refractivity contribution is -0.110. The number of rotatable bonds is 1. The molecule has 0 atom stereocenters. The molecule has 0 bridgehead atoms. The Morgan fingerprint density at radius 1 is 1.10 bits per heavy atom. The second-order valence-corrected chi connectivity index (χ2v) is 5.39. The minimum atomic E-state index is -0.316. The van der Waals surface area contributed by atoms with Crippen LogP contribution in [0.5, 0.6) is 0 Å². The molecular formula is C16H8Cl2N2O. The third kappa shape index (κ3) is 2.40. The Morgan fingerprint density at radius 3 is 2.57 bits per heavy atom. The van der Waals surface area contributed by atoms with Gasteiger partial charge >= 0.3 is 0 Å². The fraction of sp³-hybridized carbons (Fsp3) is 0. The largest absolute Gasteiger partial charge is 0.321 e. The van der Waals surface area contributed by atoms with E-state index in [1.54, 1.807) is 42.5 Å². The summed E-state index contributed by atoms with van der Waals surface area (Å²) in [4.78, 5) is 12.2. The van der Waals surface area contributed by atoms with Gasteiger partial charge in [0.2, 0.25) is 0 Å². The average Bonchev–Trinajstić information content (AvgIpc) is 2.76. The molecule has 21 heavy (non-hydrogen) atoms. The van der Waals surface area contributed by atoms with Crippen LogP contribution in [0.1, 0.15) is 11.1 Å². The van der Waals surface area contributed by atoms with Gasteiger partial charge in [0.15, 0.2) is 0 Å². The predicted molar refractivity (Wildman–Crippen MR) is 84.0 cm³/mol. The maximum Gasteiger partial charge on any atom is 0.257 e. The zero-order valence-corrected chi connectivity index (χ0v) is 12.2. The van der Waals surface area contributed by atoms with Gasteiger partial charge < -0.3 is 5.32 Å². The van der Waals surface area contributed by atoms with Crippen LogP contribution < -0.4 is 5.32 Å². The molecule has 1 heterocycles. The van der Waals surface area contributed by atoms with E-state index < -0.39 is 0 Å². The van der Waals surface area contributed by atoms with E-state index in [-0.39, 0.29) is 11.5 Å². The first-order chi connectivity index (χ1) is 10.1. The molecule has 2 aromatic carbocycles. The highest BCUT2D eigenvalue weighted by molar-refractivity contribution is 6.39. The predicted octanol–water partition coefficient (Wildman–Crippen LogP) is 4.38. The van der Waals surface area contributed by atoms with E-state index in [2.05, 4.69) is 11.4 Å². The van der Waals surface area contributed by atoms with Crippen LogP contribution in [0.4, 0.5) is 5.69 Å². The Bertz CT molecular complexity index is 834. The van der Waals surface area contributed by atoms with Crippen molar-refractivity contribution >= 4 is 45.9 Å². The molecule has 0 unspecified atom stereocenters. The van der Waals surface area contributed by atoms with Crippen LogP contribution in [-0.2, 0) is 4.79 Å². The number of nitrogens with zero attached hydrogens (tertiary/aromatic N) is 1. The first-order valence-corrected chi connectivity index (χ1v) is 6.87. The SMILES string of the molecule is N#C/C(=C1/C(=O)Nc2cc(Cl)ccc21)c1cccc(Cl)c1. The first kappa shape index (κ1) is 13.7. The highest BCUT2D eigenvalue weighted by Gasteiger charge is 2.28. The van der Waals surface area contributed by atoms with Gasteiger partial charge in [-0.1, -0.05) is 41.4 Å². The molecule has 102 valence electrons. The smallest absolute Gasteiger partial charge is 0.257 e. The quantitative estimate of drug-likeness (QED) is 0.627. The average molecular weight is 315 g/mol. The second-order valence-electron chi connectivity index (χ2n) is 4.52. The highest BCUT2D eigenvalue weighted by Crippen LogP contribution is 2.38. The second kappa shape index (κ2) is 5.25. The number of carbonyl (C=O) groups excluding carboxylic acids is 1.